The van der Waals surface area contributed by atoms with E-state index in [0.717, 1.165) is 11.1 Å². The number of aryl methyl sites for hydroxylation is 1. The van der Waals surface area contributed by atoms with E-state index in [4.69, 9.17) is 0 Å². The lowest BCUT2D eigenvalue weighted by molar-refractivity contribution is 0.580. The van der Waals surface area contributed by atoms with E-state index in [2.05, 4.69) is 9.71 Å². The minimum Gasteiger partial charge on any atom is -0.366 e. The Bertz CT molecular complexity index is 735. The van der Waals surface area contributed by atoms with Crippen LogP contribution in [0, 0.1) is 6.92 Å². The Morgan fingerprint density at radius 2 is 2.05 bits per heavy atom. The maximum Gasteiger partial charge on any atom is 0.246 e. The predicted molar refractivity (Wildman–Crippen MR) is 72.3 cm³/mol. The van der Waals surface area contributed by atoms with Crippen LogP contribution >= 0.6 is 0 Å². The highest BCUT2D eigenvalue weighted by atomic mass is 32.2. The van der Waals surface area contributed by atoms with E-state index in [1.165, 1.54) is 18.5 Å². The first-order chi connectivity index (χ1) is 8.99. The third-order valence-electron chi connectivity index (χ3n) is 2.63. The summed E-state index contributed by atoms with van der Waals surface area (Å²) in [6.45, 7) is 2.08. The van der Waals surface area contributed by atoms with Gasteiger partial charge in [0.15, 0.2) is 0 Å². The van der Waals surface area contributed by atoms with Gasteiger partial charge < -0.3 is 4.98 Å². The van der Waals surface area contributed by atoms with Gasteiger partial charge in [0, 0.05) is 25.0 Å². The average molecular weight is 278 g/mol. The van der Waals surface area contributed by atoms with Gasteiger partial charge in [-0.2, -0.15) is 0 Å². The summed E-state index contributed by atoms with van der Waals surface area (Å²) in [5.74, 6) is 0. The van der Waals surface area contributed by atoms with Crippen molar-refractivity contribution in [2.45, 2.75) is 18.4 Å². The van der Waals surface area contributed by atoms with Gasteiger partial charge in [-0.25, -0.2) is 13.1 Å². The first kappa shape index (κ1) is 13.5. The van der Waals surface area contributed by atoms with Crippen LogP contribution in [0.4, 0.5) is 0 Å². The second-order valence-corrected chi connectivity index (χ2v) is 5.92. The topological polar surface area (TPSA) is 79.0 Å². The summed E-state index contributed by atoms with van der Waals surface area (Å²) in [5.41, 5.74) is 1.36. The van der Waals surface area contributed by atoms with Gasteiger partial charge in [0.2, 0.25) is 15.5 Å². The van der Waals surface area contributed by atoms with Crippen LogP contribution in [0.3, 0.4) is 0 Å². The van der Waals surface area contributed by atoms with Crippen LogP contribution in [0.25, 0.3) is 0 Å². The number of nitrogens with one attached hydrogen (secondary N) is 2. The number of sulfonamides is 1. The Hall–Kier alpha value is -1.92. The van der Waals surface area contributed by atoms with E-state index in [0.29, 0.717) is 0 Å². The largest absolute Gasteiger partial charge is 0.366 e. The lowest BCUT2D eigenvalue weighted by Crippen LogP contribution is -2.27. The summed E-state index contributed by atoms with van der Waals surface area (Å²) in [5, 5.41) is 0. The molecule has 19 heavy (non-hydrogen) atoms. The van der Waals surface area contributed by atoms with Crippen LogP contribution < -0.4 is 10.2 Å². The summed E-state index contributed by atoms with van der Waals surface area (Å²) in [6.07, 6.45) is 2.57. The van der Waals surface area contributed by atoms with E-state index in [1.54, 1.807) is 0 Å². The molecule has 2 N–H and O–H groups in total. The summed E-state index contributed by atoms with van der Waals surface area (Å²) < 4.78 is 26.4. The number of benzene rings is 1. The molecule has 1 aromatic carbocycles. The molecule has 0 aliphatic carbocycles. The molecule has 0 saturated heterocycles. The molecular formula is C13H14N2O3S. The molecular weight excluding hydrogens is 264 g/mol. The molecule has 0 amide bonds. The number of pyridine rings is 1. The summed E-state index contributed by atoms with van der Waals surface area (Å²) in [7, 11) is -3.80. The molecule has 100 valence electrons. The van der Waals surface area contributed by atoms with E-state index >= 15 is 0 Å². The first-order valence-corrected chi connectivity index (χ1v) is 7.20. The lowest BCUT2D eigenvalue weighted by Gasteiger charge is -2.06. The smallest absolute Gasteiger partial charge is 0.246 e. The van der Waals surface area contributed by atoms with Gasteiger partial charge >= 0.3 is 0 Å². The number of hydrogen-bond donors (Lipinski definition) is 2. The molecule has 0 fully saturated rings. The SMILES string of the molecule is Cc1cccc(CNS(=O)(=O)c2c[nH]ccc2=O)c1. The van der Waals surface area contributed by atoms with Crippen LogP contribution in [0.2, 0.25) is 0 Å². The fourth-order valence-corrected chi connectivity index (χ4v) is 2.76. The van der Waals surface area contributed by atoms with Crippen molar-refractivity contribution in [3.8, 4) is 0 Å². The van der Waals surface area contributed by atoms with Gasteiger partial charge in [0.1, 0.15) is 4.90 Å². The van der Waals surface area contributed by atoms with Crippen molar-refractivity contribution in [2.75, 3.05) is 0 Å². The molecule has 5 nitrogen and oxygen atoms in total. The molecule has 2 rings (SSSR count). The zero-order valence-corrected chi connectivity index (χ0v) is 11.2. The molecule has 0 aliphatic rings. The van der Waals surface area contributed by atoms with Crippen LogP contribution in [-0.4, -0.2) is 13.4 Å². The van der Waals surface area contributed by atoms with Crippen LogP contribution in [-0.2, 0) is 16.6 Å². The third-order valence-corrected chi connectivity index (χ3v) is 4.05. The Morgan fingerprint density at radius 3 is 2.74 bits per heavy atom. The maximum atomic E-state index is 12.0. The maximum absolute atomic E-state index is 12.0. The normalized spacial score (nSPS) is 11.4. The molecule has 6 heteroatoms. The molecule has 0 atom stereocenters. The molecule has 2 aromatic rings. The van der Waals surface area contributed by atoms with Crippen molar-refractivity contribution < 1.29 is 8.42 Å². The molecule has 0 bridgehead atoms. The number of hydrogen-bond acceptors (Lipinski definition) is 3. The van der Waals surface area contributed by atoms with Gasteiger partial charge in [-0.3, -0.25) is 4.79 Å². The summed E-state index contributed by atoms with van der Waals surface area (Å²) in [4.78, 5) is 13.8. The van der Waals surface area contributed by atoms with Crippen LogP contribution in [0.15, 0.2) is 52.4 Å². The van der Waals surface area contributed by atoms with Gasteiger partial charge in [0.25, 0.3) is 0 Å². The second kappa shape index (κ2) is 5.38. The van der Waals surface area contributed by atoms with Gasteiger partial charge in [0.05, 0.1) is 0 Å². The second-order valence-electron chi connectivity index (χ2n) is 4.19. The van der Waals surface area contributed by atoms with Crippen LogP contribution in [0.1, 0.15) is 11.1 Å². The highest BCUT2D eigenvalue weighted by Gasteiger charge is 2.16. The molecule has 0 saturated carbocycles. The summed E-state index contributed by atoms with van der Waals surface area (Å²) in [6, 6.07) is 8.68. The molecule has 0 spiro atoms. The third kappa shape index (κ3) is 3.30. The zero-order valence-electron chi connectivity index (χ0n) is 10.4. The van der Waals surface area contributed by atoms with E-state index < -0.39 is 15.5 Å². The number of aromatic nitrogens is 1. The van der Waals surface area contributed by atoms with Crippen molar-refractivity contribution in [1.29, 1.82) is 0 Å². The molecule has 0 aliphatic heterocycles. The summed E-state index contributed by atoms with van der Waals surface area (Å²) >= 11 is 0. The monoisotopic (exact) mass is 278 g/mol. The number of aromatic amines is 1. The molecule has 0 unspecified atom stereocenters. The van der Waals surface area contributed by atoms with Gasteiger partial charge in [-0.15, -0.1) is 0 Å². The highest BCUT2D eigenvalue weighted by Crippen LogP contribution is 2.06. The van der Waals surface area contributed by atoms with Gasteiger partial charge in [-0.05, 0) is 12.5 Å². The van der Waals surface area contributed by atoms with E-state index in [-0.39, 0.29) is 11.4 Å². The minimum atomic E-state index is -3.80. The Morgan fingerprint density at radius 1 is 1.26 bits per heavy atom. The minimum absolute atomic E-state index is 0.151. The van der Waals surface area contributed by atoms with Gasteiger partial charge in [-0.1, -0.05) is 29.8 Å². The number of H-pyrrole nitrogens is 1. The quantitative estimate of drug-likeness (QED) is 0.881. The van der Waals surface area contributed by atoms with Crippen molar-refractivity contribution in [3.05, 3.63) is 64.1 Å². The average Bonchev–Trinajstić information content (AvgIpc) is 2.37. The highest BCUT2D eigenvalue weighted by molar-refractivity contribution is 7.89. The standard InChI is InChI=1S/C13H14N2O3S/c1-10-3-2-4-11(7-10)8-15-19(17,18)13-9-14-6-5-12(13)16/h2-7,9,15H,8H2,1H3,(H,14,16). The van der Waals surface area contributed by atoms with Crippen molar-refractivity contribution in [3.63, 3.8) is 0 Å². The van der Waals surface area contributed by atoms with E-state index in [1.807, 2.05) is 31.2 Å². The van der Waals surface area contributed by atoms with Crippen LogP contribution in [0.5, 0.6) is 0 Å². The predicted octanol–water partition coefficient (Wildman–Crippen LogP) is 1.16. The van der Waals surface area contributed by atoms with Crippen molar-refractivity contribution in [2.24, 2.45) is 0 Å². The molecule has 1 aromatic heterocycles. The van der Waals surface area contributed by atoms with Crippen molar-refractivity contribution >= 4 is 10.0 Å². The molecule has 1 heterocycles. The fourth-order valence-electron chi connectivity index (χ4n) is 1.69. The molecule has 0 radical (unpaired) electrons. The Labute approximate surface area is 111 Å². The Balaban J connectivity index is 2.19. The van der Waals surface area contributed by atoms with Crippen molar-refractivity contribution in [1.82, 2.24) is 9.71 Å². The zero-order chi connectivity index (χ0) is 13.9. The first-order valence-electron chi connectivity index (χ1n) is 5.71. The lowest BCUT2D eigenvalue weighted by atomic mass is 10.1. The fraction of sp³-hybridized carbons (Fsp3) is 0.154. The Kier molecular flexibility index (Phi) is 3.82. The van der Waals surface area contributed by atoms with E-state index in [9.17, 15) is 13.2 Å². The number of rotatable bonds is 4.